The lowest BCUT2D eigenvalue weighted by molar-refractivity contribution is -0.00436. The van der Waals surface area contributed by atoms with Gasteiger partial charge in [-0.3, -0.25) is 4.79 Å². The average molecular weight is 365 g/mol. The summed E-state index contributed by atoms with van der Waals surface area (Å²) in [5.41, 5.74) is 1.89. The first-order valence-electron chi connectivity index (χ1n) is 9.41. The van der Waals surface area contributed by atoms with Crippen molar-refractivity contribution < 1.29 is 19.8 Å². The molecule has 2 N–H and O–H groups in total. The Labute approximate surface area is 158 Å². The molecular formula is C22H23NO4. The molecule has 2 aliphatic heterocycles. The summed E-state index contributed by atoms with van der Waals surface area (Å²) >= 11 is 0. The van der Waals surface area contributed by atoms with Gasteiger partial charge in [-0.25, -0.2) is 4.79 Å². The van der Waals surface area contributed by atoms with Crippen LogP contribution in [0.25, 0.3) is 11.1 Å². The minimum atomic E-state index is -1.01. The lowest BCUT2D eigenvalue weighted by Crippen LogP contribution is -2.52. The van der Waals surface area contributed by atoms with Crippen molar-refractivity contribution in [3.63, 3.8) is 0 Å². The topological polar surface area (TPSA) is 77.8 Å². The maximum absolute atomic E-state index is 13.5. The van der Waals surface area contributed by atoms with Gasteiger partial charge in [0.05, 0.1) is 11.7 Å². The molecule has 0 radical (unpaired) electrons. The zero-order valence-electron chi connectivity index (χ0n) is 15.2. The fraction of sp³-hybridized carbons (Fsp3) is 0.364. The third kappa shape index (κ3) is 2.92. The summed E-state index contributed by atoms with van der Waals surface area (Å²) in [5.74, 6) is -1.04. The summed E-state index contributed by atoms with van der Waals surface area (Å²) in [7, 11) is 0. The fourth-order valence-corrected chi connectivity index (χ4v) is 4.67. The molecule has 2 aromatic rings. The lowest BCUT2D eigenvalue weighted by Gasteiger charge is -2.41. The second kappa shape index (κ2) is 6.82. The van der Waals surface area contributed by atoms with E-state index in [9.17, 15) is 19.8 Å². The number of aromatic carboxylic acids is 1. The van der Waals surface area contributed by atoms with Crippen LogP contribution in [0.15, 0.2) is 48.5 Å². The van der Waals surface area contributed by atoms with Crippen LogP contribution in [0.1, 0.15) is 46.9 Å². The van der Waals surface area contributed by atoms with E-state index < -0.39 is 5.97 Å². The summed E-state index contributed by atoms with van der Waals surface area (Å²) in [5, 5.41) is 19.8. The van der Waals surface area contributed by atoms with Crippen LogP contribution >= 0.6 is 0 Å². The molecule has 1 amide bonds. The molecule has 0 spiro atoms. The smallest absolute Gasteiger partial charge is 0.336 e. The number of amides is 1. The lowest BCUT2D eigenvalue weighted by atomic mass is 9.87. The minimum absolute atomic E-state index is 0.0361. The van der Waals surface area contributed by atoms with Crippen molar-refractivity contribution in [1.82, 2.24) is 4.90 Å². The molecule has 2 heterocycles. The number of fused-ring (bicyclic) bond motifs is 2. The van der Waals surface area contributed by atoms with Crippen LogP contribution in [0.3, 0.4) is 0 Å². The fourth-order valence-electron chi connectivity index (χ4n) is 4.67. The molecule has 2 aromatic carbocycles. The predicted molar refractivity (Wildman–Crippen MR) is 102 cm³/mol. The van der Waals surface area contributed by atoms with Crippen LogP contribution in [0.4, 0.5) is 0 Å². The zero-order chi connectivity index (χ0) is 19.1. The Hall–Kier alpha value is -2.66. The van der Waals surface area contributed by atoms with Crippen molar-refractivity contribution in [2.45, 2.75) is 44.4 Å². The summed E-state index contributed by atoms with van der Waals surface area (Å²) in [6, 6.07) is 14.1. The summed E-state index contributed by atoms with van der Waals surface area (Å²) in [4.78, 5) is 27.1. The van der Waals surface area contributed by atoms with Gasteiger partial charge in [0, 0.05) is 23.6 Å². The van der Waals surface area contributed by atoms with Crippen LogP contribution < -0.4 is 0 Å². The van der Waals surface area contributed by atoms with Gasteiger partial charge in [-0.15, -0.1) is 0 Å². The van der Waals surface area contributed by atoms with E-state index in [0.717, 1.165) is 12.8 Å². The first kappa shape index (κ1) is 17.7. The molecule has 4 atom stereocenters. The van der Waals surface area contributed by atoms with E-state index in [2.05, 4.69) is 0 Å². The van der Waals surface area contributed by atoms with E-state index in [-0.39, 0.29) is 35.6 Å². The number of aliphatic hydroxyl groups excluding tert-OH is 1. The standard InChI is InChI=1S/C22H23NO4/c1-13-19-11-10-14(12-20(13)24)23(19)21(25)17-8-4-2-6-15(17)16-7-3-5-9-18(16)22(26)27/h2-9,13-14,19-20,24H,10-12H2,1H3,(H,26,27). The highest BCUT2D eigenvalue weighted by Crippen LogP contribution is 2.41. The Bertz CT molecular complexity index is 893. The Balaban J connectivity index is 1.77. The Morgan fingerprint density at radius 3 is 2.22 bits per heavy atom. The van der Waals surface area contributed by atoms with Crippen molar-refractivity contribution in [3.05, 3.63) is 59.7 Å². The number of carboxylic acid groups (broad SMARTS) is 1. The van der Waals surface area contributed by atoms with Gasteiger partial charge >= 0.3 is 5.97 Å². The first-order valence-corrected chi connectivity index (χ1v) is 9.41. The van der Waals surface area contributed by atoms with E-state index in [0.29, 0.717) is 23.1 Å². The number of carboxylic acids is 1. The molecule has 140 valence electrons. The number of nitrogens with zero attached hydrogens (tertiary/aromatic N) is 1. The van der Waals surface area contributed by atoms with Crippen molar-refractivity contribution >= 4 is 11.9 Å². The monoisotopic (exact) mass is 365 g/mol. The van der Waals surface area contributed by atoms with Gasteiger partial charge in [-0.1, -0.05) is 43.3 Å². The maximum Gasteiger partial charge on any atom is 0.336 e. The van der Waals surface area contributed by atoms with Gasteiger partial charge in [0.25, 0.3) is 5.91 Å². The molecule has 5 nitrogen and oxygen atoms in total. The van der Waals surface area contributed by atoms with Gasteiger partial charge < -0.3 is 15.1 Å². The number of aliphatic hydroxyl groups is 1. The van der Waals surface area contributed by atoms with Crippen LogP contribution in [-0.2, 0) is 0 Å². The molecular weight excluding hydrogens is 342 g/mol. The second-order valence-corrected chi connectivity index (χ2v) is 7.57. The second-order valence-electron chi connectivity index (χ2n) is 7.57. The molecule has 0 aromatic heterocycles. The van der Waals surface area contributed by atoms with Crippen LogP contribution in [-0.4, -0.2) is 45.2 Å². The van der Waals surface area contributed by atoms with E-state index in [1.54, 1.807) is 36.4 Å². The highest BCUT2D eigenvalue weighted by Gasteiger charge is 2.47. The number of carbonyl (C=O) groups is 2. The predicted octanol–water partition coefficient (Wildman–Crippen LogP) is 3.43. The Morgan fingerprint density at radius 1 is 0.963 bits per heavy atom. The number of rotatable bonds is 3. The number of carbonyl (C=O) groups excluding carboxylic acids is 1. The Morgan fingerprint density at radius 2 is 1.56 bits per heavy atom. The Kier molecular flexibility index (Phi) is 4.48. The van der Waals surface area contributed by atoms with Crippen LogP contribution in [0.2, 0.25) is 0 Å². The highest BCUT2D eigenvalue weighted by atomic mass is 16.4. The molecule has 27 heavy (non-hydrogen) atoms. The molecule has 2 saturated heterocycles. The zero-order valence-corrected chi connectivity index (χ0v) is 15.2. The highest BCUT2D eigenvalue weighted by molar-refractivity contribution is 6.05. The van der Waals surface area contributed by atoms with E-state index in [1.165, 1.54) is 0 Å². The van der Waals surface area contributed by atoms with Crippen molar-refractivity contribution in [1.29, 1.82) is 0 Å². The van der Waals surface area contributed by atoms with E-state index in [4.69, 9.17) is 0 Å². The largest absolute Gasteiger partial charge is 0.478 e. The quantitative estimate of drug-likeness (QED) is 0.874. The average Bonchev–Trinajstić information content (AvgIpc) is 3.03. The van der Waals surface area contributed by atoms with Crippen LogP contribution in [0.5, 0.6) is 0 Å². The van der Waals surface area contributed by atoms with Gasteiger partial charge in [0.2, 0.25) is 0 Å². The molecule has 4 unspecified atom stereocenters. The van der Waals surface area contributed by atoms with E-state index in [1.807, 2.05) is 24.0 Å². The normalized spacial score (nSPS) is 26.8. The first-order chi connectivity index (χ1) is 13.0. The van der Waals surface area contributed by atoms with Crippen LogP contribution in [0, 0.1) is 5.92 Å². The van der Waals surface area contributed by atoms with Gasteiger partial charge in [-0.05, 0) is 42.5 Å². The van der Waals surface area contributed by atoms with Gasteiger partial charge in [0.15, 0.2) is 0 Å². The molecule has 0 aliphatic carbocycles. The SMILES string of the molecule is CC1C(O)CC2CCC1N2C(=O)c1ccccc1-c1ccccc1C(=O)O. The van der Waals surface area contributed by atoms with Gasteiger partial charge in [-0.2, -0.15) is 0 Å². The van der Waals surface area contributed by atoms with Gasteiger partial charge in [0.1, 0.15) is 0 Å². The third-order valence-electron chi connectivity index (χ3n) is 6.11. The van der Waals surface area contributed by atoms with Crippen molar-refractivity contribution in [3.8, 4) is 11.1 Å². The molecule has 2 fully saturated rings. The molecule has 2 bridgehead atoms. The van der Waals surface area contributed by atoms with E-state index >= 15 is 0 Å². The molecule has 2 aliphatic rings. The molecule has 5 heteroatoms. The number of hydrogen-bond donors (Lipinski definition) is 2. The third-order valence-corrected chi connectivity index (χ3v) is 6.11. The van der Waals surface area contributed by atoms with Crippen molar-refractivity contribution in [2.24, 2.45) is 5.92 Å². The number of hydrogen-bond acceptors (Lipinski definition) is 3. The maximum atomic E-state index is 13.5. The number of piperidine rings is 1. The molecule has 0 saturated carbocycles. The summed E-state index contributed by atoms with van der Waals surface area (Å²) in [6.45, 7) is 2.00. The summed E-state index contributed by atoms with van der Waals surface area (Å²) < 4.78 is 0. The van der Waals surface area contributed by atoms with Crippen molar-refractivity contribution in [2.75, 3.05) is 0 Å². The number of benzene rings is 2. The molecule has 4 rings (SSSR count). The minimum Gasteiger partial charge on any atom is -0.478 e. The summed E-state index contributed by atoms with van der Waals surface area (Å²) in [6.07, 6.45) is 2.06.